The van der Waals surface area contributed by atoms with Crippen LogP contribution in [0.2, 0.25) is 0 Å². The summed E-state index contributed by atoms with van der Waals surface area (Å²) in [6.07, 6.45) is 0. The summed E-state index contributed by atoms with van der Waals surface area (Å²) in [7, 11) is 0. The van der Waals surface area contributed by atoms with Gasteiger partial charge in [-0.3, -0.25) is 4.90 Å². The Hall–Kier alpha value is -1.60. The summed E-state index contributed by atoms with van der Waals surface area (Å²) in [4.78, 5) is 2.49. The van der Waals surface area contributed by atoms with Gasteiger partial charge in [-0.2, -0.15) is 0 Å². The molecule has 0 bridgehead atoms. The van der Waals surface area contributed by atoms with E-state index in [0.29, 0.717) is 6.04 Å². The van der Waals surface area contributed by atoms with E-state index in [1.54, 1.807) is 0 Å². The molecule has 18 heavy (non-hydrogen) atoms. The average molecular weight is 239 g/mol. The first kappa shape index (κ1) is 12.8. The van der Waals surface area contributed by atoms with E-state index in [2.05, 4.69) is 79.4 Å². The van der Waals surface area contributed by atoms with E-state index in [0.717, 1.165) is 13.1 Å². The predicted octanol–water partition coefficient (Wildman–Crippen LogP) is 4.12. The Balaban J connectivity index is 2.41. The fraction of sp³-hybridized carbons (Fsp3) is 0.294. The fourth-order valence-corrected chi connectivity index (χ4v) is 2.47. The standard InChI is InChI=1S/C17H21N/c1-3-18(4-2)17(15-11-7-5-8-12-15)16-13-9-6-10-14-16/h5-14,17H,3-4H2,1-2H3. The maximum atomic E-state index is 2.49. The van der Waals surface area contributed by atoms with Crippen molar-refractivity contribution in [2.24, 2.45) is 0 Å². The van der Waals surface area contributed by atoms with Gasteiger partial charge >= 0.3 is 0 Å². The lowest BCUT2D eigenvalue weighted by molar-refractivity contribution is 0.250. The summed E-state index contributed by atoms with van der Waals surface area (Å²) in [6.45, 7) is 6.57. The normalized spacial score (nSPS) is 11.1. The summed E-state index contributed by atoms with van der Waals surface area (Å²) in [5.74, 6) is 0. The zero-order chi connectivity index (χ0) is 12.8. The van der Waals surface area contributed by atoms with Crippen LogP contribution in [0, 0.1) is 0 Å². The van der Waals surface area contributed by atoms with Crippen LogP contribution in [0.15, 0.2) is 60.7 Å². The Bertz CT molecular complexity index is 406. The molecule has 0 amide bonds. The molecule has 0 spiro atoms. The second-order valence-corrected chi connectivity index (χ2v) is 4.45. The number of rotatable bonds is 5. The lowest BCUT2D eigenvalue weighted by Gasteiger charge is -2.30. The molecule has 1 nitrogen and oxygen atoms in total. The van der Waals surface area contributed by atoms with Crippen LogP contribution < -0.4 is 0 Å². The third-order valence-corrected chi connectivity index (χ3v) is 3.41. The van der Waals surface area contributed by atoms with E-state index in [1.807, 2.05) is 0 Å². The lowest BCUT2D eigenvalue weighted by atomic mass is 9.97. The molecule has 94 valence electrons. The molecule has 0 saturated carbocycles. The van der Waals surface area contributed by atoms with E-state index in [4.69, 9.17) is 0 Å². The highest BCUT2D eigenvalue weighted by molar-refractivity contribution is 5.31. The molecule has 0 atom stereocenters. The van der Waals surface area contributed by atoms with E-state index in [1.165, 1.54) is 11.1 Å². The van der Waals surface area contributed by atoms with Gasteiger partial charge in [0.25, 0.3) is 0 Å². The van der Waals surface area contributed by atoms with Gasteiger partial charge in [0.05, 0.1) is 6.04 Å². The third-order valence-electron chi connectivity index (χ3n) is 3.41. The first-order chi connectivity index (χ1) is 8.86. The zero-order valence-electron chi connectivity index (χ0n) is 11.2. The van der Waals surface area contributed by atoms with E-state index < -0.39 is 0 Å². The van der Waals surface area contributed by atoms with Crippen LogP contribution in [-0.4, -0.2) is 18.0 Å². The highest BCUT2D eigenvalue weighted by atomic mass is 15.1. The monoisotopic (exact) mass is 239 g/mol. The predicted molar refractivity (Wildman–Crippen MR) is 77.6 cm³/mol. The molecule has 0 aliphatic heterocycles. The molecule has 2 aromatic carbocycles. The molecule has 0 unspecified atom stereocenters. The van der Waals surface area contributed by atoms with E-state index in [-0.39, 0.29) is 0 Å². The number of hydrogen-bond acceptors (Lipinski definition) is 1. The van der Waals surface area contributed by atoms with Crippen molar-refractivity contribution in [2.45, 2.75) is 19.9 Å². The Kier molecular flexibility index (Phi) is 4.54. The molecule has 0 saturated heterocycles. The second-order valence-electron chi connectivity index (χ2n) is 4.45. The van der Waals surface area contributed by atoms with Crippen LogP contribution in [0.3, 0.4) is 0 Å². The number of nitrogens with zero attached hydrogens (tertiary/aromatic N) is 1. The molecular weight excluding hydrogens is 218 g/mol. The maximum Gasteiger partial charge on any atom is 0.0601 e. The van der Waals surface area contributed by atoms with Gasteiger partial charge in [-0.15, -0.1) is 0 Å². The van der Waals surface area contributed by atoms with Gasteiger partial charge in [0.15, 0.2) is 0 Å². The van der Waals surface area contributed by atoms with Crippen LogP contribution in [0.25, 0.3) is 0 Å². The first-order valence-corrected chi connectivity index (χ1v) is 6.70. The van der Waals surface area contributed by atoms with Gasteiger partial charge < -0.3 is 0 Å². The molecule has 0 aliphatic carbocycles. The second kappa shape index (κ2) is 6.36. The summed E-state index contributed by atoms with van der Waals surface area (Å²) < 4.78 is 0. The van der Waals surface area contributed by atoms with Crippen molar-refractivity contribution in [1.82, 2.24) is 4.90 Å². The van der Waals surface area contributed by atoms with Crippen LogP contribution in [0.1, 0.15) is 31.0 Å². The minimum atomic E-state index is 0.363. The fourth-order valence-electron chi connectivity index (χ4n) is 2.47. The Labute approximate surface area is 110 Å². The molecule has 0 N–H and O–H groups in total. The summed E-state index contributed by atoms with van der Waals surface area (Å²) in [6, 6.07) is 21.9. The quantitative estimate of drug-likeness (QED) is 0.758. The maximum absolute atomic E-state index is 2.49. The topological polar surface area (TPSA) is 3.24 Å². The van der Waals surface area contributed by atoms with Crippen molar-refractivity contribution < 1.29 is 0 Å². The minimum absolute atomic E-state index is 0.363. The van der Waals surface area contributed by atoms with Crippen LogP contribution in [0.5, 0.6) is 0 Å². The van der Waals surface area contributed by atoms with Gasteiger partial charge in [-0.25, -0.2) is 0 Å². The van der Waals surface area contributed by atoms with Crippen molar-refractivity contribution in [1.29, 1.82) is 0 Å². The minimum Gasteiger partial charge on any atom is -0.293 e. The van der Waals surface area contributed by atoms with Crippen molar-refractivity contribution in [3.63, 3.8) is 0 Å². The molecular formula is C17H21N. The van der Waals surface area contributed by atoms with Gasteiger partial charge in [0.2, 0.25) is 0 Å². The van der Waals surface area contributed by atoms with Crippen molar-refractivity contribution in [3.05, 3.63) is 71.8 Å². The van der Waals surface area contributed by atoms with Crippen LogP contribution >= 0.6 is 0 Å². The van der Waals surface area contributed by atoms with Gasteiger partial charge in [-0.05, 0) is 24.2 Å². The highest BCUT2D eigenvalue weighted by Gasteiger charge is 2.19. The zero-order valence-corrected chi connectivity index (χ0v) is 11.2. The molecule has 0 aliphatic rings. The molecule has 2 aromatic rings. The van der Waals surface area contributed by atoms with Crippen molar-refractivity contribution in [3.8, 4) is 0 Å². The number of hydrogen-bond donors (Lipinski definition) is 0. The smallest absolute Gasteiger partial charge is 0.0601 e. The summed E-state index contributed by atoms with van der Waals surface area (Å²) in [5.41, 5.74) is 2.74. The van der Waals surface area contributed by atoms with Crippen molar-refractivity contribution in [2.75, 3.05) is 13.1 Å². The Morgan fingerprint density at radius 2 is 1.11 bits per heavy atom. The summed E-state index contributed by atoms with van der Waals surface area (Å²) in [5, 5.41) is 0. The molecule has 2 rings (SSSR count). The highest BCUT2D eigenvalue weighted by Crippen LogP contribution is 2.27. The molecule has 0 heterocycles. The van der Waals surface area contributed by atoms with Gasteiger partial charge in [0, 0.05) is 0 Å². The third kappa shape index (κ3) is 2.80. The van der Waals surface area contributed by atoms with Crippen LogP contribution in [0.4, 0.5) is 0 Å². The van der Waals surface area contributed by atoms with Gasteiger partial charge in [-0.1, -0.05) is 74.5 Å². The molecule has 1 heteroatoms. The van der Waals surface area contributed by atoms with Crippen LogP contribution in [-0.2, 0) is 0 Å². The molecule has 0 radical (unpaired) electrons. The first-order valence-electron chi connectivity index (χ1n) is 6.70. The Morgan fingerprint density at radius 1 is 0.722 bits per heavy atom. The summed E-state index contributed by atoms with van der Waals surface area (Å²) >= 11 is 0. The SMILES string of the molecule is CCN(CC)C(c1ccccc1)c1ccccc1. The van der Waals surface area contributed by atoms with Gasteiger partial charge in [0.1, 0.15) is 0 Å². The van der Waals surface area contributed by atoms with E-state index >= 15 is 0 Å². The molecule has 0 aromatic heterocycles. The number of benzene rings is 2. The Morgan fingerprint density at radius 3 is 1.44 bits per heavy atom. The molecule has 0 fully saturated rings. The average Bonchev–Trinajstić information content (AvgIpc) is 2.46. The van der Waals surface area contributed by atoms with Crippen molar-refractivity contribution >= 4 is 0 Å². The largest absolute Gasteiger partial charge is 0.293 e. The lowest BCUT2D eigenvalue weighted by Crippen LogP contribution is -2.29. The van der Waals surface area contributed by atoms with E-state index in [9.17, 15) is 0 Å².